The number of nitrogens with zero attached hydrogens (tertiary/aromatic N) is 3. The molecule has 2 fully saturated rings. The van der Waals surface area contributed by atoms with Gasteiger partial charge in [0.1, 0.15) is 5.54 Å². The van der Waals surface area contributed by atoms with E-state index in [1.807, 2.05) is 6.92 Å². The molecule has 2 aliphatic heterocycles. The second-order valence-electron chi connectivity index (χ2n) is 10.1. The number of carboxylic acid groups (broad SMARTS) is 1. The third-order valence-electron chi connectivity index (χ3n) is 7.86. The minimum atomic E-state index is -1.88. The highest BCUT2D eigenvalue weighted by atomic mass is 32.1. The van der Waals surface area contributed by atoms with Crippen LogP contribution < -0.4 is 5.32 Å². The number of hydrogen-bond donors (Lipinski definition) is 2. The molecule has 4 unspecified atom stereocenters. The molecule has 0 saturated carbocycles. The van der Waals surface area contributed by atoms with Crippen LogP contribution in [0.1, 0.15) is 38.1 Å². The lowest BCUT2D eigenvalue weighted by atomic mass is 9.76. The number of aliphatic carboxylic acids is 1. The van der Waals surface area contributed by atoms with Crippen LogP contribution in [0.15, 0.2) is 54.0 Å². The number of methoxy groups -OCH3 is 1. The predicted octanol–water partition coefficient (Wildman–Crippen LogP) is 2.70. The summed E-state index contributed by atoms with van der Waals surface area (Å²) in [4.78, 5) is 69.6. The van der Waals surface area contributed by atoms with Crippen molar-refractivity contribution in [2.24, 2.45) is 11.8 Å². The van der Waals surface area contributed by atoms with Crippen molar-refractivity contribution in [3.8, 4) is 0 Å². The van der Waals surface area contributed by atoms with Crippen LogP contribution in [-0.2, 0) is 32.0 Å². The fraction of sp³-hybridized carbons (Fsp3) is 0.321. The number of rotatable bonds is 9. The molecule has 3 heterocycles. The van der Waals surface area contributed by atoms with Crippen molar-refractivity contribution in [3.05, 3.63) is 91.4 Å². The van der Waals surface area contributed by atoms with Crippen LogP contribution in [0.2, 0.25) is 0 Å². The second kappa shape index (κ2) is 10.8. The number of nitro benzene ring substituents is 1. The Bertz CT molecular complexity index is 1540. The molecule has 0 aliphatic carbocycles. The summed E-state index contributed by atoms with van der Waals surface area (Å²) in [6.07, 6.45) is 0.195. The molecule has 2 saturated heterocycles. The van der Waals surface area contributed by atoms with Crippen LogP contribution in [-0.4, -0.2) is 62.9 Å². The number of benzene rings is 2. The summed E-state index contributed by atoms with van der Waals surface area (Å²) in [6.45, 7) is 1.92. The number of likely N-dealkylation sites (tertiary alicyclic amines) is 1. The molecular weight excluding hydrogens is 552 g/mol. The van der Waals surface area contributed by atoms with E-state index in [0.717, 1.165) is 15.5 Å². The number of hydrogen-bond acceptors (Lipinski definition) is 10. The lowest BCUT2D eigenvalue weighted by molar-refractivity contribution is -0.384. The first-order valence-electron chi connectivity index (χ1n) is 12.7. The Morgan fingerprint density at radius 1 is 1.15 bits per heavy atom. The number of aryl methyl sites for hydroxylation is 1. The van der Waals surface area contributed by atoms with Gasteiger partial charge in [0.05, 0.1) is 40.6 Å². The topological polar surface area (TPSA) is 169 Å². The largest absolute Gasteiger partial charge is 0.480 e. The average molecular weight is 579 g/mol. The number of imide groups is 1. The van der Waals surface area contributed by atoms with Crippen LogP contribution in [0.25, 0.3) is 0 Å². The number of nitro groups is 1. The van der Waals surface area contributed by atoms with E-state index in [-0.39, 0.29) is 24.2 Å². The SMILES string of the molecule is COC(=O)c1ccc(C2NC(Cc3ccc([N+](=O)[O-])cc3)(C(=O)O)C3C(=O)N(CCc4scnc4C)C(=O)C23)cc1. The number of amides is 2. The van der Waals surface area contributed by atoms with Gasteiger partial charge in [-0.3, -0.25) is 34.7 Å². The first-order chi connectivity index (χ1) is 19.6. The third kappa shape index (κ3) is 4.87. The summed E-state index contributed by atoms with van der Waals surface area (Å²) in [7, 11) is 1.25. The standard InChI is InChI=1S/C28H26N4O8S/c1-15-20(41-14-29-15)11-12-31-24(33)21-22(25(31)34)28(27(36)37,13-16-3-9-19(10-4-16)32(38)39)30-23(21)17-5-7-18(8-6-17)26(35)40-2/h3-10,14,21-23,30H,11-13H2,1-2H3,(H,36,37). The molecule has 0 bridgehead atoms. The minimum absolute atomic E-state index is 0.0783. The summed E-state index contributed by atoms with van der Waals surface area (Å²) in [5, 5.41) is 24.8. The van der Waals surface area contributed by atoms with Crippen molar-refractivity contribution < 1.29 is 33.9 Å². The van der Waals surface area contributed by atoms with E-state index < -0.39 is 52.1 Å². The number of esters is 1. The molecule has 2 N–H and O–H groups in total. The fourth-order valence-electron chi connectivity index (χ4n) is 5.79. The summed E-state index contributed by atoms with van der Waals surface area (Å²) >= 11 is 1.42. The van der Waals surface area contributed by atoms with Gasteiger partial charge in [-0.05, 0) is 30.2 Å². The molecule has 1 aromatic heterocycles. The Kier molecular flexibility index (Phi) is 7.41. The van der Waals surface area contributed by atoms with E-state index in [9.17, 15) is 34.4 Å². The van der Waals surface area contributed by atoms with Crippen molar-refractivity contribution in [2.75, 3.05) is 13.7 Å². The highest BCUT2D eigenvalue weighted by Crippen LogP contribution is 2.50. The number of carbonyl (C=O) groups is 4. The molecule has 2 aromatic carbocycles. The lowest BCUT2D eigenvalue weighted by Gasteiger charge is -2.31. The third-order valence-corrected chi connectivity index (χ3v) is 8.85. The van der Waals surface area contributed by atoms with E-state index in [1.165, 1.54) is 54.8 Å². The highest BCUT2D eigenvalue weighted by molar-refractivity contribution is 7.09. The minimum Gasteiger partial charge on any atom is -0.480 e. The number of nitrogens with one attached hydrogen (secondary N) is 1. The Morgan fingerprint density at radius 3 is 2.39 bits per heavy atom. The molecule has 4 atom stereocenters. The maximum absolute atomic E-state index is 13.9. The van der Waals surface area contributed by atoms with Gasteiger partial charge in [0.15, 0.2) is 0 Å². The number of ether oxygens (including phenoxy) is 1. The zero-order chi connectivity index (χ0) is 29.5. The lowest BCUT2D eigenvalue weighted by Crippen LogP contribution is -2.57. The monoisotopic (exact) mass is 578 g/mol. The molecule has 0 spiro atoms. The zero-order valence-corrected chi connectivity index (χ0v) is 22.9. The van der Waals surface area contributed by atoms with Gasteiger partial charge in [0, 0.05) is 42.4 Å². The number of fused-ring (bicyclic) bond motifs is 1. The predicted molar refractivity (Wildman–Crippen MR) is 145 cm³/mol. The molecule has 5 rings (SSSR count). The number of carbonyl (C=O) groups excluding carboxylic acids is 3. The van der Waals surface area contributed by atoms with Crippen molar-refractivity contribution in [3.63, 3.8) is 0 Å². The quantitative estimate of drug-likeness (QED) is 0.167. The maximum atomic E-state index is 13.9. The highest BCUT2D eigenvalue weighted by Gasteiger charge is 2.68. The Morgan fingerprint density at radius 2 is 1.83 bits per heavy atom. The molecule has 41 heavy (non-hydrogen) atoms. The maximum Gasteiger partial charge on any atom is 0.337 e. The van der Waals surface area contributed by atoms with Crippen LogP contribution in [0.3, 0.4) is 0 Å². The van der Waals surface area contributed by atoms with Crippen molar-refractivity contribution in [1.29, 1.82) is 0 Å². The Balaban J connectivity index is 1.54. The molecule has 13 heteroatoms. The van der Waals surface area contributed by atoms with Gasteiger partial charge < -0.3 is 9.84 Å². The molecule has 212 valence electrons. The van der Waals surface area contributed by atoms with Gasteiger partial charge in [-0.15, -0.1) is 11.3 Å². The summed E-state index contributed by atoms with van der Waals surface area (Å²) < 4.78 is 4.75. The van der Waals surface area contributed by atoms with Gasteiger partial charge in [0.25, 0.3) is 5.69 Å². The number of aromatic nitrogens is 1. The van der Waals surface area contributed by atoms with Crippen LogP contribution in [0.5, 0.6) is 0 Å². The number of non-ortho nitro benzene ring substituents is 1. The van der Waals surface area contributed by atoms with Crippen LogP contribution >= 0.6 is 11.3 Å². The molecule has 3 aromatic rings. The normalized spacial score (nSPS) is 23.5. The van der Waals surface area contributed by atoms with E-state index in [1.54, 1.807) is 17.6 Å². The van der Waals surface area contributed by atoms with E-state index >= 15 is 0 Å². The average Bonchev–Trinajstić information content (AvgIpc) is 3.61. The number of carboxylic acids is 1. The van der Waals surface area contributed by atoms with E-state index in [0.29, 0.717) is 17.5 Å². The first-order valence-corrected chi connectivity index (χ1v) is 13.6. The fourth-order valence-corrected chi connectivity index (χ4v) is 6.56. The second-order valence-corrected chi connectivity index (χ2v) is 11.0. The van der Waals surface area contributed by atoms with Crippen molar-refractivity contribution in [2.45, 2.75) is 31.3 Å². The van der Waals surface area contributed by atoms with Crippen molar-refractivity contribution in [1.82, 2.24) is 15.2 Å². The number of thiazole rings is 1. The van der Waals surface area contributed by atoms with Crippen LogP contribution in [0.4, 0.5) is 5.69 Å². The molecular formula is C28H26N4O8S. The van der Waals surface area contributed by atoms with Gasteiger partial charge in [-0.25, -0.2) is 9.78 Å². The van der Waals surface area contributed by atoms with E-state index in [4.69, 9.17) is 4.74 Å². The molecule has 12 nitrogen and oxygen atoms in total. The smallest absolute Gasteiger partial charge is 0.337 e. The molecule has 2 amide bonds. The molecule has 2 aliphatic rings. The van der Waals surface area contributed by atoms with Crippen molar-refractivity contribution >= 4 is 40.8 Å². The Hall–Kier alpha value is -4.49. The van der Waals surface area contributed by atoms with Crippen LogP contribution in [0, 0.1) is 28.9 Å². The summed E-state index contributed by atoms with van der Waals surface area (Å²) in [5.74, 6) is -5.21. The first kappa shape index (κ1) is 28.1. The van der Waals surface area contributed by atoms with Gasteiger partial charge in [-0.1, -0.05) is 24.3 Å². The van der Waals surface area contributed by atoms with Gasteiger partial charge in [0.2, 0.25) is 11.8 Å². The van der Waals surface area contributed by atoms with E-state index in [2.05, 4.69) is 10.3 Å². The van der Waals surface area contributed by atoms with Gasteiger partial charge in [-0.2, -0.15) is 0 Å². The summed E-state index contributed by atoms with van der Waals surface area (Å²) in [6, 6.07) is 10.8. The molecule has 0 radical (unpaired) electrons. The zero-order valence-electron chi connectivity index (χ0n) is 22.1. The summed E-state index contributed by atoms with van der Waals surface area (Å²) in [5.41, 5.74) is 1.70. The van der Waals surface area contributed by atoms with Gasteiger partial charge >= 0.3 is 11.9 Å². The Labute approximate surface area is 238 Å².